The Morgan fingerprint density at radius 2 is 2.06 bits per heavy atom. The number of hydrogen-bond acceptors (Lipinski definition) is 4. The van der Waals surface area contributed by atoms with Crippen molar-refractivity contribution in [2.75, 3.05) is 12.4 Å². The molecule has 1 atom stereocenters. The fraction of sp³-hybridized carbons (Fsp3) is 0.143. The molecule has 1 aliphatic heterocycles. The molecule has 0 aliphatic carbocycles. The predicted octanol–water partition coefficient (Wildman–Crippen LogP) is 2.38. The summed E-state index contributed by atoms with van der Waals surface area (Å²) in [5.74, 6) is -0.00458. The molecule has 4 nitrogen and oxygen atoms in total. The van der Waals surface area contributed by atoms with E-state index in [9.17, 15) is 4.79 Å². The highest BCUT2D eigenvalue weighted by molar-refractivity contribution is 6.13. The normalized spacial score (nSPS) is 17.4. The van der Waals surface area contributed by atoms with Crippen LogP contribution in [0.4, 0.5) is 5.69 Å². The summed E-state index contributed by atoms with van der Waals surface area (Å²) >= 11 is 0. The van der Waals surface area contributed by atoms with Crippen LogP contribution in [0.25, 0.3) is 0 Å². The summed E-state index contributed by atoms with van der Waals surface area (Å²) in [5.41, 5.74) is 2.84. The van der Waals surface area contributed by atoms with Gasteiger partial charge in [-0.2, -0.15) is 0 Å². The summed E-state index contributed by atoms with van der Waals surface area (Å²) in [7, 11) is 1.60. The van der Waals surface area contributed by atoms with E-state index in [1.54, 1.807) is 25.6 Å². The molecule has 0 saturated heterocycles. The fourth-order valence-electron chi connectivity index (χ4n) is 2.18. The molecule has 0 bridgehead atoms. The third kappa shape index (κ3) is 1.58. The quantitative estimate of drug-likeness (QED) is 0.831. The fourth-order valence-corrected chi connectivity index (χ4v) is 2.18. The van der Waals surface area contributed by atoms with Crippen LogP contribution in [0.5, 0.6) is 0 Å². The Hall–Kier alpha value is -2.20. The first-order valence-electron chi connectivity index (χ1n) is 5.68. The number of hydrogen-bond donors (Lipinski definition) is 1. The van der Waals surface area contributed by atoms with Gasteiger partial charge in [-0.05, 0) is 18.2 Å². The van der Waals surface area contributed by atoms with Crippen LogP contribution in [0.2, 0.25) is 0 Å². The molecular weight excluding hydrogens is 228 g/mol. The molecule has 0 amide bonds. The number of ketones is 1. The van der Waals surface area contributed by atoms with Crippen LogP contribution in [0.1, 0.15) is 27.7 Å². The van der Waals surface area contributed by atoms with Crippen LogP contribution >= 0.6 is 0 Å². The number of rotatable bonds is 1. The Kier molecular flexibility index (Phi) is 2.57. The van der Waals surface area contributed by atoms with Gasteiger partial charge in [-0.15, -0.1) is 0 Å². The molecule has 1 N–H and O–H groups in total. The van der Waals surface area contributed by atoms with Crippen LogP contribution in [0.3, 0.4) is 0 Å². The van der Waals surface area contributed by atoms with Crippen molar-refractivity contribution in [2.24, 2.45) is 0 Å². The zero-order valence-corrected chi connectivity index (χ0v) is 9.88. The van der Waals surface area contributed by atoms with Crippen LogP contribution < -0.4 is 5.32 Å². The van der Waals surface area contributed by atoms with E-state index < -0.39 is 0 Å². The predicted molar refractivity (Wildman–Crippen MR) is 67.5 cm³/mol. The van der Waals surface area contributed by atoms with E-state index in [4.69, 9.17) is 4.74 Å². The third-order valence-corrected chi connectivity index (χ3v) is 3.07. The van der Waals surface area contributed by atoms with Gasteiger partial charge >= 0.3 is 0 Å². The maximum Gasteiger partial charge on any atom is 0.195 e. The molecule has 2 aromatic rings. The highest BCUT2D eigenvalue weighted by atomic mass is 16.5. The summed E-state index contributed by atoms with van der Waals surface area (Å²) in [6.45, 7) is 0. The standard InChI is InChI=1S/C14H12N2O2/c1-18-14-11-8-15-7-6-9(11)13(17)10-4-2-3-5-12(10)16-14/h2-8,14,16H,1H3. The molecule has 4 heteroatoms. The molecule has 1 aromatic heterocycles. The van der Waals surface area contributed by atoms with Gasteiger partial charge in [0.25, 0.3) is 0 Å². The van der Waals surface area contributed by atoms with Gasteiger partial charge in [-0.3, -0.25) is 9.78 Å². The van der Waals surface area contributed by atoms with Crippen molar-refractivity contribution >= 4 is 11.5 Å². The summed E-state index contributed by atoms with van der Waals surface area (Å²) in [6, 6.07) is 9.16. The monoisotopic (exact) mass is 240 g/mol. The molecule has 2 heterocycles. The number of methoxy groups -OCH3 is 1. The smallest absolute Gasteiger partial charge is 0.195 e. The second-order valence-corrected chi connectivity index (χ2v) is 4.10. The van der Waals surface area contributed by atoms with E-state index in [1.807, 2.05) is 24.3 Å². The van der Waals surface area contributed by atoms with Crippen molar-refractivity contribution in [3.05, 3.63) is 59.4 Å². The average Bonchev–Trinajstić information content (AvgIpc) is 2.55. The van der Waals surface area contributed by atoms with Crippen molar-refractivity contribution in [1.29, 1.82) is 0 Å². The number of fused-ring (bicyclic) bond motifs is 2. The molecule has 18 heavy (non-hydrogen) atoms. The molecule has 1 aliphatic rings. The minimum Gasteiger partial charge on any atom is -0.357 e. The molecule has 1 unspecified atom stereocenters. The van der Waals surface area contributed by atoms with E-state index >= 15 is 0 Å². The van der Waals surface area contributed by atoms with Gasteiger partial charge < -0.3 is 10.1 Å². The number of para-hydroxylation sites is 1. The third-order valence-electron chi connectivity index (χ3n) is 3.07. The Bertz CT molecular complexity index is 610. The second kappa shape index (κ2) is 4.23. The Balaban J connectivity index is 2.24. The van der Waals surface area contributed by atoms with E-state index in [0.29, 0.717) is 11.1 Å². The van der Waals surface area contributed by atoms with Crippen LogP contribution in [-0.4, -0.2) is 17.9 Å². The molecule has 0 fully saturated rings. The van der Waals surface area contributed by atoms with E-state index in [-0.39, 0.29) is 12.0 Å². The summed E-state index contributed by atoms with van der Waals surface area (Å²) in [4.78, 5) is 16.5. The van der Waals surface area contributed by atoms with Crippen molar-refractivity contribution in [3.63, 3.8) is 0 Å². The maximum absolute atomic E-state index is 12.5. The first-order valence-corrected chi connectivity index (χ1v) is 5.68. The number of nitrogens with zero attached hydrogens (tertiary/aromatic N) is 1. The molecular formula is C14H12N2O2. The Morgan fingerprint density at radius 3 is 2.89 bits per heavy atom. The van der Waals surface area contributed by atoms with Crippen molar-refractivity contribution in [2.45, 2.75) is 6.23 Å². The zero-order valence-electron chi connectivity index (χ0n) is 9.88. The Morgan fingerprint density at radius 1 is 1.22 bits per heavy atom. The van der Waals surface area contributed by atoms with Crippen LogP contribution in [0.15, 0.2) is 42.7 Å². The van der Waals surface area contributed by atoms with Gasteiger partial charge in [-0.1, -0.05) is 12.1 Å². The van der Waals surface area contributed by atoms with E-state index in [0.717, 1.165) is 11.3 Å². The van der Waals surface area contributed by atoms with Crippen molar-refractivity contribution in [3.8, 4) is 0 Å². The van der Waals surface area contributed by atoms with Gasteiger partial charge in [0.2, 0.25) is 0 Å². The first kappa shape index (κ1) is 10.9. The maximum atomic E-state index is 12.5. The highest BCUT2D eigenvalue weighted by Crippen LogP contribution is 2.31. The number of pyridine rings is 1. The summed E-state index contributed by atoms with van der Waals surface area (Å²) in [5, 5.41) is 3.21. The number of ether oxygens (including phenoxy) is 1. The van der Waals surface area contributed by atoms with Crippen molar-refractivity contribution < 1.29 is 9.53 Å². The Labute approximate surface area is 105 Å². The number of benzene rings is 1. The number of carbonyl (C=O) groups excluding carboxylic acids is 1. The number of anilines is 1. The topological polar surface area (TPSA) is 51.2 Å². The van der Waals surface area contributed by atoms with Gasteiger partial charge in [0.1, 0.15) is 0 Å². The first-order chi connectivity index (χ1) is 8.81. The molecule has 0 radical (unpaired) electrons. The summed E-state index contributed by atoms with van der Waals surface area (Å²) < 4.78 is 5.40. The van der Waals surface area contributed by atoms with Gasteiger partial charge in [0.05, 0.1) is 0 Å². The largest absolute Gasteiger partial charge is 0.357 e. The summed E-state index contributed by atoms with van der Waals surface area (Å²) in [6.07, 6.45) is 2.93. The van der Waals surface area contributed by atoms with E-state index in [1.165, 1.54) is 0 Å². The van der Waals surface area contributed by atoms with Gasteiger partial charge in [0, 0.05) is 41.9 Å². The molecule has 0 saturated carbocycles. The SMILES string of the molecule is COC1Nc2ccccc2C(=O)c2ccncc21. The number of nitrogens with one attached hydrogen (secondary N) is 1. The lowest BCUT2D eigenvalue weighted by Gasteiger charge is -2.17. The lowest BCUT2D eigenvalue weighted by Crippen LogP contribution is -2.13. The van der Waals surface area contributed by atoms with Crippen molar-refractivity contribution in [1.82, 2.24) is 4.98 Å². The molecule has 1 aromatic carbocycles. The van der Waals surface area contributed by atoms with Crippen LogP contribution in [0, 0.1) is 0 Å². The lowest BCUT2D eigenvalue weighted by molar-refractivity contribution is 0.103. The lowest BCUT2D eigenvalue weighted by atomic mass is 10.0. The molecule has 90 valence electrons. The molecule has 3 rings (SSSR count). The average molecular weight is 240 g/mol. The van der Waals surface area contributed by atoms with Crippen LogP contribution in [-0.2, 0) is 4.74 Å². The minimum atomic E-state index is -0.360. The van der Waals surface area contributed by atoms with E-state index in [2.05, 4.69) is 10.3 Å². The molecule has 0 spiro atoms. The minimum absolute atomic E-state index is 0.00458. The van der Waals surface area contributed by atoms with Gasteiger partial charge in [-0.25, -0.2) is 0 Å². The number of aromatic nitrogens is 1. The second-order valence-electron chi connectivity index (χ2n) is 4.10. The number of carbonyl (C=O) groups is 1. The highest BCUT2D eigenvalue weighted by Gasteiger charge is 2.26. The van der Waals surface area contributed by atoms with Gasteiger partial charge in [0.15, 0.2) is 12.0 Å². The zero-order chi connectivity index (χ0) is 12.5.